The van der Waals surface area contributed by atoms with Crippen LogP contribution < -0.4 is 21.1 Å². The van der Waals surface area contributed by atoms with Gasteiger partial charge in [-0.3, -0.25) is 9.59 Å². The van der Waals surface area contributed by atoms with Gasteiger partial charge in [-0.25, -0.2) is 0 Å². The van der Waals surface area contributed by atoms with Crippen molar-refractivity contribution in [2.45, 2.75) is 13.8 Å². The highest BCUT2D eigenvalue weighted by Gasteiger charge is 2.12. The van der Waals surface area contributed by atoms with Crippen molar-refractivity contribution in [3.63, 3.8) is 0 Å². The lowest BCUT2D eigenvalue weighted by atomic mass is 10.1. The summed E-state index contributed by atoms with van der Waals surface area (Å²) in [6.07, 6.45) is 0. The summed E-state index contributed by atoms with van der Waals surface area (Å²) in [5.74, 6) is 0.270. The molecule has 4 N–H and O–H groups in total. The lowest BCUT2D eigenvalue weighted by molar-refractivity contribution is -0.120. The third kappa shape index (κ3) is 4.79. The number of carbonyl (C=O) groups excluding carboxylic acids is 2. The fourth-order valence-corrected chi connectivity index (χ4v) is 1.50. The predicted octanol–water partition coefficient (Wildman–Crippen LogP) is 0.779. The van der Waals surface area contributed by atoms with Gasteiger partial charge in [-0.15, -0.1) is 0 Å². The highest BCUT2D eigenvalue weighted by molar-refractivity contribution is 6.01. The van der Waals surface area contributed by atoms with Crippen LogP contribution in [-0.2, 0) is 4.79 Å². The van der Waals surface area contributed by atoms with E-state index in [0.717, 1.165) is 0 Å². The van der Waals surface area contributed by atoms with Crippen molar-refractivity contribution in [3.05, 3.63) is 23.8 Å². The molecule has 0 spiro atoms. The molecule has 1 rings (SSSR count). The molecule has 0 unspecified atom stereocenters. The van der Waals surface area contributed by atoms with Crippen molar-refractivity contribution in [1.82, 2.24) is 10.6 Å². The van der Waals surface area contributed by atoms with Crippen molar-refractivity contribution < 1.29 is 14.3 Å². The quantitative estimate of drug-likeness (QED) is 0.671. The number of hydrogen-bond acceptors (Lipinski definition) is 4. The average Bonchev–Trinajstić information content (AvgIpc) is 2.43. The van der Waals surface area contributed by atoms with E-state index in [1.54, 1.807) is 12.1 Å². The fourth-order valence-electron chi connectivity index (χ4n) is 1.50. The Morgan fingerprint density at radius 2 is 2.00 bits per heavy atom. The van der Waals surface area contributed by atoms with Gasteiger partial charge in [0.05, 0.1) is 19.2 Å². The average molecular weight is 279 g/mol. The van der Waals surface area contributed by atoms with Crippen LogP contribution in [0.2, 0.25) is 0 Å². The van der Waals surface area contributed by atoms with E-state index in [4.69, 9.17) is 10.5 Å². The standard InChI is InChI=1S/C14H21N3O3/c1-9(2)7-16-13(18)8-17-14(19)11-6-10(20-3)4-5-12(11)15/h4-6,9H,7-8,15H2,1-3H3,(H,16,18)(H,17,19). The first-order valence-corrected chi connectivity index (χ1v) is 6.42. The molecule has 0 heterocycles. The fraction of sp³-hybridized carbons (Fsp3) is 0.429. The number of anilines is 1. The van der Waals surface area contributed by atoms with Gasteiger partial charge in [0.2, 0.25) is 5.91 Å². The van der Waals surface area contributed by atoms with Crippen molar-refractivity contribution in [3.8, 4) is 5.75 Å². The molecule has 110 valence electrons. The van der Waals surface area contributed by atoms with E-state index >= 15 is 0 Å². The van der Waals surface area contributed by atoms with Crippen LogP contribution >= 0.6 is 0 Å². The zero-order valence-corrected chi connectivity index (χ0v) is 12.0. The van der Waals surface area contributed by atoms with Gasteiger partial charge in [-0.2, -0.15) is 0 Å². The van der Waals surface area contributed by atoms with Gasteiger partial charge in [0, 0.05) is 12.2 Å². The molecule has 0 aliphatic carbocycles. The van der Waals surface area contributed by atoms with Crippen LogP contribution in [0.3, 0.4) is 0 Å². The summed E-state index contributed by atoms with van der Waals surface area (Å²) in [7, 11) is 1.51. The molecule has 0 saturated carbocycles. The number of ether oxygens (including phenoxy) is 1. The van der Waals surface area contributed by atoms with Crippen molar-refractivity contribution in [2.75, 3.05) is 25.9 Å². The van der Waals surface area contributed by atoms with Gasteiger partial charge in [0.25, 0.3) is 5.91 Å². The predicted molar refractivity (Wildman–Crippen MR) is 77.6 cm³/mol. The zero-order chi connectivity index (χ0) is 15.1. The first-order valence-electron chi connectivity index (χ1n) is 6.42. The van der Waals surface area contributed by atoms with Crippen LogP contribution in [0, 0.1) is 5.92 Å². The van der Waals surface area contributed by atoms with Crippen molar-refractivity contribution >= 4 is 17.5 Å². The van der Waals surface area contributed by atoms with E-state index in [1.165, 1.54) is 13.2 Å². The molecular weight excluding hydrogens is 258 g/mol. The lowest BCUT2D eigenvalue weighted by Crippen LogP contribution is -2.38. The van der Waals surface area contributed by atoms with E-state index in [0.29, 0.717) is 29.5 Å². The maximum absolute atomic E-state index is 11.9. The summed E-state index contributed by atoms with van der Waals surface area (Å²) in [6.45, 7) is 4.49. The third-order valence-corrected chi connectivity index (χ3v) is 2.62. The molecular formula is C14H21N3O3. The second kappa shape index (κ2) is 7.37. The minimum absolute atomic E-state index is 0.0811. The molecule has 0 radical (unpaired) electrons. The van der Waals surface area contributed by atoms with Crippen LogP contribution in [0.25, 0.3) is 0 Å². The van der Waals surface area contributed by atoms with Crippen molar-refractivity contribution in [2.24, 2.45) is 5.92 Å². The number of nitrogens with two attached hydrogens (primary N) is 1. The number of nitrogen functional groups attached to an aromatic ring is 1. The monoisotopic (exact) mass is 279 g/mol. The second-order valence-electron chi connectivity index (χ2n) is 4.83. The number of hydrogen-bond donors (Lipinski definition) is 3. The lowest BCUT2D eigenvalue weighted by Gasteiger charge is -2.10. The highest BCUT2D eigenvalue weighted by Crippen LogP contribution is 2.19. The van der Waals surface area contributed by atoms with Crippen LogP contribution in [0.5, 0.6) is 5.75 Å². The van der Waals surface area contributed by atoms with Crippen LogP contribution in [-0.4, -0.2) is 32.0 Å². The van der Waals surface area contributed by atoms with Crippen molar-refractivity contribution in [1.29, 1.82) is 0 Å². The molecule has 0 aromatic heterocycles. The Bertz CT molecular complexity index is 487. The second-order valence-corrected chi connectivity index (χ2v) is 4.83. The summed E-state index contributed by atoms with van der Waals surface area (Å²) in [4.78, 5) is 23.5. The number of carbonyl (C=O) groups is 2. The Labute approximate surface area is 118 Å². The molecule has 0 saturated heterocycles. The molecule has 1 aromatic rings. The van der Waals surface area contributed by atoms with Gasteiger partial charge in [0.15, 0.2) is 0 Å². The van der Waals surface area contributed by atoms with Crippen LogP contribution in [0.4, 0.5) is 5.69 Å². The third-order valence-electron chi connectivity index (χ3n) is 2.62. The Balaban J connectivity index is 2.56. The summed E-state index contributed by atoms with van der Waals surface area (Å²) < 4.78 is 5.04. The van der Waals surface area contributed by atoms with E-state index < -0.39 is 5.91 Å². The molecule has 0 bridgehead atoms. The van der Waals surface area contributed by atoms with E-state index in [-0.39, 0.29) is 12.5 Å². The van der Waals surface area contributed by atoms with E-state index in [2.05, 4.69) is 10.6 Å². The summed E-state index contributed by atoms with van der Waals surface area (Å²) >= 11 is 0. The molecule has 6 heteroatoms. The SMILES string of the molecule is COc1ccc(N)c(C(=O)NCC(=O)NCC(C)C)c1. The molecule has 0 aliphatic heterocycles. The molecule has 20 heavy (non-hydrogen) atoms. The zero-order valence-electron chi connectivity index (χ0n) is 12.0. The number of methoxy groups -OCH3 is 1. The first-order chi connectivity index (χ1) is 9.43. The van der Waals surface area contributed by atoms with Gasteiger partial charge in [-0.1, -0.05) is 13.8 Å². The van der Waals surface area contributed by atoms with Gasteiger partial charge >= 0.3 is 0 Å². The molecule has 0 fully saturated rings. The largest absolute Gasteiger partial charge is 0.497 e. The Morgan fingerprint density at radius 1 is 1.30 bits per heavy atom. The molecule has 1 aromatic carbocycles. The molecule has 0 aliphatic rings. The topological polar surface area (TPSA) is 93.4 Å². The number of rotatable bonds is 6. The Hall–Kier alpha value is -2.24. The number of nitrogens with one attached hydrogen (secondary N) is 2. The number of benzene rings is 1. The molecule has 0 atom stereocenters. The van der Waals surface area contributed by atoms with Crippen LogP contribution in [0.1, 0.15) is 24.2 Å². The summed E-state index contributed by atoms with van der Waals surface area (Å²) in [6, 6.07) is 4.80. The van der Waals surface area contributed by atoms with Crippen LogP contribution in [0.15, 0.2) is 18.2 Å². The van der Waals surface area contributed by atoms with Gasteiger partial charge in [0.1, 0.15) is 5.75 Å². The maximum Gasteiger partial charge on any atom is 0.253 e. The normalized spacial score (nSPS) is 10.2. The van der Waals surface area contributed by atoms with E-state index in [9.17, 15) is 9.59 Å². The Kier molecular flexibility index (Phi) is 5.83. The number of amides is 2. The summed E-state index contributed by atoms with van der Waals surface area (Å²) in [5, 5.41) is 5.24. The maximum atomic E-state index is 11.9. The smallest absolute Gasteiger partial charge is 0.253 e. The van der Waals surface area contributed by atoms with E-state index in [1.807, 2.05) is 13.8 Å². The Morgan fingerprint density at radius 3 is 2.60 bits per heavy atom. The minimum atomic E-state index is -0.402. The summed E-state index contributed by atoms with van der Waals surface area (Å²) in [5.41, 5.74) is 6.36. The van der Waals surface area contributed by atoms with Gasteiger partial charge in [-0.05, 0) is 24.1 Å². The van der Waals surface area contributed by atoms with Gasteiger partial charge < -0.3 is 21.1 Å². The molecule has 6 nitrogen and oxygen atoms in total. The highest BCUT2D eigenvalue weighted by atomic mass is 16.5. The first kappa shape index (κ1) is 15.8. The molecule has 2 amide bonds. The minimum Gasteiger partial charge on any atom is -0.497 e.